The van der Waals surface area contributed by atoms with E-state index in [-0.39, 0.29) is 28.1 Å². The van der Waals surface area contributed by atoms with Crippen LogP contribution in [-0.4, -0.2) is 38.5 Å². The number of thioether (sulfide) groups is 2. The molecule has 1 unspecified atom stereocenters. The van der Waals surface area contributed by atoms with Gasteiger partial charge in [-0.2, -0.15) is 0 Å². The number of aryl methyl sites for hydroxylation is 2. The van der Waals surface area contributed by atoms with Crippen molar-refractivity contribution in [3.63, 3.8) is 0 Å². The van der Waals surface area contributed by atoms with E-state index in [9.17, 15) is 19.8 Å². The summed E-state index contributed by atoms with van der Waals surface area (Å²) < 4.78 is 2.82. The van der Waals surface area contributed by atoms with E-state index in [2.05, 4.69) is 10.6 Å². The number of rotatable bonds is 5. The fourth-order valence-corrected chi connectivity index (χ4v) is 7.32. The van der Waals surface area contributed by atoms with Gasteiger partial charge >= 0.3 is 5.97 Å². The molecule has 0 saturated carbocycles. The van der Waals surface area contributed by atoms with Crippen LogP contribution in [0.1, 0.15) is 36.3 Å². The van der Waals surface area contributed by atoms with Crippen LogP contribution in [0.3, 0.4) is 0 Å². The van der Waals surface area contributed by atoms with E-state index in [4.69, 9.17) is 0 Å². The number of aliphatic carboxylic acids is 1. The molecule has 4 atom stereocenters. The third-order valence-electron chi connectivity index (χ3n) is 5.16. The summed E-state index contributed by atoms with van der Waals surface area (Å²) in [6.45, 7) is 1.66. The molecule has 2 N–H and O–H groups in total. The normalized spacial score (nSPS) is 28.0. The average molecular weight is 394 g/mol. The Labute approximate surface area is 160 Å². The predicted molar refractivity (Wildman–Crippen MR) is 98.9 cm³/mol. The number of nitrogens with zero attached hydrogens (tertiary/aromatic N) is 2. The largest absolute Gasteiger partial charge is 0.477 e. The van der Waals surface area contributed by atoms with Crippen LogP contribution in [-0.2, 0) is 23.1 Å². The molecule has 1 fully saturated rings. The molecule has 2 aliphatic heterocycles. The molecular weight excluding hydrogens is 372 g/mol. The second kappa shape index (κ2) is 6.58. The summed E-state index contributed by atoms with van der Waals surface area (Å²) in [5.74, 6) is -1.55. The quantitative estimate of drug-likeness (QED) is 0.586. The molecule has 138 valence electrons. The van der Waals surface area contributed by atoms with Crippen molar-refractivity contribution in [2.75, 3.05) is 0 Å². The van der Waals surface area contributed by atoms with Gasteiger partial charge in [-0.3, -0.25) is 9.69 Å². The molecule has 8 heteroatoms. The Morgan fingerprint density at radius 3 is 3.00 bits per heavy atom. The molecule has 6 nitrogen and oxygen atoms in total. The molecule has 26 heavy (non-hydrogen) atoms. The molecule has 4 rings (SSSR count). The number of aliphatic hydroxyl groups excluding tert-OH is 1. The fourth-order valence-electron chi connectivity index (χ4n) is 4.01. The molecule has 1 aromatic rings. The molecule has 0 aromatic carbocycles. The molecule has 1 aliphatic carbocycles. The second-order valence-electron chi connectivity index (χ2n) is 7.02. The Kier molecular flexibility index (Phi) is 4.53. The van der Waals surface area contributed by atoms with E-state index in [1.54, 1.807) is 18.7 Å². The van der Waals surface area contributed by atoms with Crippen molar-refractivity contribution >= 4 is 35.4 Å². The van der Waals surface area contributed by atoms with Crippen molar-refractivity contribution < 1.29 is 24.4 Å². The van der Waals surface area contributed by atoms with E-state index in [0.29, 0.717) is 10.7 Å². The van der Waals surface area contributed by atoms with Gasteiger partial charge in [-0.25, -0.2) is 9.36 Å². The fraction of sp³-hybridized carbons (Fsp3) is 0.500. The lowest BCUT2D eigenvalue weighted by Crippen LogP contribution is -2.57. The van der Waals surface area contributed by atoms with Gasteiger partial charge < -0.3 is 10.2 Å². The Bertz CT molecular complexity index is 823. The van der Waals surface area contributed by atoms with Crippen molar-refractivity contribution in [3.05, 3.63) is 39.5 Å². The van der Waals surface area contributed by atoms with Crippen molar-refractivity contribution in [1.82, 2.24) is 4.90 Å². The van der Waals surface area contributed by atoms with Crippen LogP contribution in [0.15, 0.2) is 28.3 Å². The van der Waals surface area contributed by atoms with Crippen LogP contribution in [0.2, 0.25) is 0 Å². The van der Waals surface area contributed by atoms with Crippen molar-refractivity contribution in [3.8, 4) is 0 Å². The topological polar surface area (TPSA) is 81.7 Å². The maximum Gasteiger partial charge on any atom is 0.354 e. The van der Waals surface area contributed by atoms with Gasteiger partial charge in [0.2, 0.25) is 5.91 Å². The highest BCUT2D eigenvalue weighted by Gasteiger charge is 2.56. The van der Waals surface area contributed by atoms with Crippen LogP contribution >= 0.6 is 23.5 Å². The van der Waals surface area contributed by atoms with Gasteiger partial charge in [0, 0.05) is 11.6 Å². The van der Waals surface area contributed by atoms with Gasteiger partial charge in [0.25, 0.3) is 0 Å². The first-order valence-electron chi connectivity index (χ1n) is 8.68. The number of amides is 1. The van der Waals surface area contributed by atoms with E-state index in [1.807, 2.05) is 19.3 Å². The lowest BCUT2D eigenvalue weighted by atomic mass is 9.91. The number of carbonyl (C=O) groups is 2. The van der Waals surface area contributed by atoms with Crippen LogP contribution < -0.4 is 4.57 Å². The average Bonchev–Trinajstić information content (AvgIpc) is 3.14. The monoisotopic (exact) mass is 393 g/mol. The molecule has 3 aliphatic rings. The maximum absolute atomic E-state index is 12.4. The minimum Gasteiger partial charge on any atom is -0.477 e. The third-order valence-corrected chi connectivity index (χ3v) is 8.08. The SMILES string of the molecule is C[C@H](O)C[C@@H]1C(=O)N2C(C(=O)O)=C(SC3CCc4ccc[n+](C)c43)S[C@H]12. The van der Waals surface area contributed by atoms with E-state index >= 15 is 0 Å². The lowest BCUT2D eigenvalue weighted by Gasteiger charge is -2.42. The summed E-state index contributed by atoms with van der Waals surface area (Å²) in [5.41, 5.74) is 2.65. The zero-order valence-electron chi connectivity index (χ0n) is 14.6. The third kappa shape index (κ3) is 2.75. The smallest absolute Gasteiger partial charge is 0.354 e. The highest BCUT2D eigenvalue weighted by molar-refractivity contribution is 8.22. The van der Waals surface area contributed by atoms with Gasteiger partial charge in [0.05, 0.1) is 26.9 Å². The zero-order chi connectivity index (χ0) is 18.6. The minimum atomic E-state index is -1.05. The Hall–Kier alpha value is -1.51. The minimum absolute atomic E-state index is 0.115. The molecule has 0 radical (unpaired) electrons. The van der Waals surface area contributed by atoms with Gasteiger partial charge in [-0.05, 0) is 32.3 Å². The maximum atomic E-state index is 12.4. The first-order chi connectivity index (χ1) is 12.4. The van der Waals surface area contributed by atoms with Gasteiger partial charge in [0.15, 0.2) is 17.6 Å². The number of hydrogen-bond donors (Lipinski definition) is 2. The Morgan fingerprint density at radius 1 is 1.54 bits per heavy atom. The summed E-state index contributed by atoms with van der Waals surface area (Å²) in [4.78, 5) is 25.7. The number of pyridine rings is 1. The Balaban J connectivity index is 1.60. The van der Waals surface area contributed by atoms with Crippen LogP contribution in [0.5, 0.6) is 0 Å². The molecule has 3 heterocycles. The summed E-state index contributed by atoms with van der Waals surface area (Å²) in [7, 11) is 2.02. The van der Waals surface area contributed by atoms with Gasteiger partial charge in [0.1, 0.15) is 7.05 Å². The number of β-lactam (4-membered cyclic amide) rings is 1. The number of carbonyl (C=O) groups excluding carboxylic acids is 1. The van der Waals surface area contributed by atoms with Gasteiger partial charge in [-0.1, -0.05) is 11.8 Å². The zero-order valence-corrected chi connectivity index (χ0v) is 16.2. The van der Waals surface area contributed by atoms with Gasteiger partial charge in [-0.15, -0.1) is 11.8 Å². The Morgan fingerprint density at radius 2 is 2.31 bits per heavy atom. The molecule has 1 amide bonds. The molecule has 1 aromatic heterocycles. The van der Waals surface area contributed by atoms with Crippen LogP contribution in [0.4, 0.5) is 0 Å². The van der Waals surface area contributed by atoms with Crippen molar-refractivity contribution in [2.24, 2.45) is 13.0 Å². The van der Waals surface area contributed by atoms with Crippen LogP contribution in [0, 0.1) is 5.92 Å². The van der Waals surface area contributed by atoms with E-state index in [0.717, 1.165) is 12.8 Å². The second-order valence-corrected chi connectivity index (χ2v) is 9.62. The molecule has 0 spiro atoms. The predicted octanol–water partition coefficient (Wildman–Crippen LogP) is 1.79. The van der Waals surface area contributed by atoms with Crippen LogP contribution in [0.25, 0.3) is 0 Å². The number of aromatic nitrogens is 1. The number of carboxylic acids is 1. The highest BCUT2D eigenvalue weighted by Crippen LogP contribution is 2.57. The summed E-state index contributed by atoms with van der Waals surface area (Å²) in [6, 6.07) is 4.16. The molecular formula is C18H21N2O4S2+. The lowest BCUT2D eigenvalue weighted by molar-refractivity contribution is -0.679. The van der Waals surface area contributed by atoms with E-state index < -0.39 is 12.1 Å². The standard InChI is InChI=1S/C18H20N2O4S2/c1-9(21)8-11-15(22)20-14(17(23)24)18(26-16(11)20)25-12-6-5-10-4-3-7-19(2)13(10)12/h3-4,7,9,11-12,16,21H,5-6,8H2,1-2H3/p+1/t9-,11+,12?,16+/m0/s1. The molecule has 0 bridgehead atoms. The number of aliphatic hydroxyl groups is 1. The van der Waals surface area contributed by atoms with E-state index in [1.165, 1.54) is 27.9 Å². The van der Waals surface area contributed by atoms with Crippen molar-refractivity contribution in [2.45, 2.75) is 42.9 Å². The van der Waals surface area contributed by atoms with Crippen molar-refractivity contribution in [1.29, 1.82) is 0 Å². The first-order valence-corrected chi connectivity index (χ1v) is 10.4. The number of hydrogen-bond acceptors (Lipinski definition) is 5. The summed E-state index contributed by atoms with van der Waals surface area (Å²) in [6.07, 6.45) is 3.77. The summed E-state index contributed by atoms with van der Waals surface area (Å²) >= 11 is 3.03. The number of fused-ring (bicyclic) bond motifs is 2. The molecule has 1 saturated heterocycles. The highest BCUT2D eigenvalue weighted by atomic mass is 32.2. The summed E-state index contributed by atoms with van der Waals surface area (Å²) in [5, 5.41) is 19.3. The first kappa shape index (κ1) is 17.9. The number of carboxylic acid groups (broad SMARTS) is 1.